The SMILES string of the molecule is CCCC(C)(NC(=O)OCC1c2ccccc2-c2ccccc21)C(=O)N1CCOC(C)(C(=O)O)C1. The molecule has 1 fully saturated rings. The molecule has 186 valence electrons. The molecule has 0 spiro atoms. The van der Waals surface area contributed by atoms with Crippen molar-refractivity contribution in [2.75, 3.05) is 26.3 Å². The fraction of sp³-hybridized carbons (Fsp3) is 0.444. The van der Waals surface area contributed by atoms with Crippen molar-refractivity contribution >= 4 is 18.0 Å². The van der Waals surface area contributed by atoms with Crippen molar-refractivity contribution < 1.29 is 29.0 Å². The van der Waals surface area contributed by atoms with Gasteiger partial charge in [0, 0.05) is 12.5 Å². The van der Waals surface area contributed by atoms with Gasteiger partial charge in [-0.2, -0.15) is 0 Å². The van der Waals surface area contributed by atoms with Gasteiger partial charge in [-0.25, -0.2) is 9.59 Å². The second kappa shape index (κ2) is 9.70. The number of aliphatic carboxylic acids is 1. The number of nitrogens with zero attached hydrogens (tertiary/aromatic N) is 1. The van der Waals surface area contributed by atoms with Gasteiger partial charge < -0.3 is 24.8 Å². The number of fused-ring (bicyclic) bond motifs is 3. The summed E-state index contributed by atoms with van der Waals surface area (Å²) in [6.07, 6.45) is 0.356. The monoisotopic (exact) mass is 480 g/mol. The third kappa shape index (κ3) is 4.75. The maximum Gasteiger partial charge on any atom is 0.408 e. The molecule has 2 N–H and O–H groups in total. The maximum absolute atomic E-state index is 13.5. The van der Waals surface area contributed by atoms with Crippen LogP contribution in [0.5, 0.6) is 0 Å². The van der Waals surface area contributed by atoms with Crippen molar-refractivity contribution in [1.82, 2.24) is 10.2 Å². The van der Waals surface area contributed by atoms with E-state index in [9.17, 15) is 19.5 Å². The molecule has 2 aromatic carbocycles. The number of carboxylic acids is 1. The van der Waals surface area contributed by atoms with Crippen LogP contribution in [0.25, 0.3) is 11.1 Å². The predicted octanol–water partition coefficient (Wildman–Crippen LogP) is 3.79. The zero-order chi connectivity index (χ0) is 25.2. The zero-order valence-corrected chi connectivity index (χ0v) is 20.4. The Kier molecular flexibility index (Phi) is 6.85. The van der Waals surface area contributed by atoms with Gasteiger partial charge in [-0.1, -0.05) is 61.9 Å². The molecule has 2 aromatic rings. The van der Waals surface area contributed by atoms with E-state index in [1.165, 1.54) is 11.8 Å². The summed E-state index contributed by atoms with van der Waals surface area (Å²) in [5.41, 5.74) is 1.78. The number of morpholine rings is 1. The fourth-order valence-electron chi connectivity index (χ4n) is 5.10. The van der Waals surface area contributed by atoms with Gasteiger partial charge in [0.2, 0.25) is 5.91 Å². The van der Waals surface area contributed by atoms with E-state index in [4.69, 9.17) is 9.47 Å². The summed E-state index contributed by atoms with van der Waals surface area (Å²) >= 11 is 0. The highest BCUT2D eigenvalue weighted by molar-refractivity contribution is 5.90. The molecule has 1 aliphatic heterocycles. The lowest BCUT2D eigenvalue weighted by atomic mass is 9.93. The van der Waals surface area contributed by atoms with E-state index in [0.717, 1.165) is 22.3 Å². The molecule has 35 heavy (non-hydrogen) atoms. The van der Waals surface area contributed by atoms with Gasteiger partial charge in [0.05, 0.1) is 13.2 Å². The fourth-order valence-corrected chi connectivity index (χ4v) is 5.10. The van der Waals surface area contributed by atoms with Crippen LogP contribution in [0.15, 0.2) is 48.5 Å². The molecule has 2 atom stereocenters. The number of amides is 2. The molecule has 8 heteroatoms. The summed E-state index contributed by atoms with van der Waals surface area (Å²) in [5, 5.41) is 12.3. The van der Waals surface area contributed by atoms with E-state index in [-0.39, 0.29) is 38.1 Å². The van der Waals surface area contributed by atoms with Crippen molar-refractivity contribution in [2.45, 2.75) is 50.7 Å². The van der Waals surface area contributed by atoms with Crippen LogP contribution in [0.4, 0.5) is 4.79 Å². The first kappa shape index (κ1) is 24.7. The minimum Gasteiger partial charge on any atom is -0.479 e. The van der Waals surface area contributed by atoms with Crippen LogP contribution < -0.4 is 5.32 Å². The van der Waals surface area contributed by atoms with Gasteiger partial charge in [-0.05, 0) is 42.5 Å². The number of hydrogen-bond donors (Lipinski definition) is 2. The summed E-state index contributed by atoms with van der Waals surface area (Å²) in [6.45, 7) is 5.46. The molecule has 2 unspecified atom stereocenters. The molecule has 2 amide bonds. The van der Waals surface area contributed by atoms with Gasteiger partial charge >= 0.3 is 12.1 Å². The van der Waals surface area contributed by atoms with E-state index in [2.05, 4.69) is 17.4 Å². The normalized spacial score (nSPS) is 20.9. The molecule has 0 aromatic heterocycles. The Morgan fingerprint density at radius 2 is 1.74 bits per heavy atom. The van der Waals surface area contributed by atoms with Gasteiger partial charge in [-0.3, -0.25) is 4.79 Å². The number of rotatable bonds is 7. The van der Waals surface area contributed by atoms with Crippen molar-refractivity contribution in [3.8, 4) is 11.1 Å². The topological polar surface area (TPSA) is 105 Å². The standard InChI is InChI=1S/C27H32N2O6/c1-4-13-26(2,23(30)29-14-15-35-27(3,17-29)24(31)32)28-25(33)34-16-22-20-11-7-5-9-18(20)19-10-6-8-12-21(19)22/h5-12,22H,4,13-17H2,1-3H3,(H,28,33)(H,31,32). The third-order valence-electron chi connectivity index (χ3n) is 6.96. The molecule has 0 radical (unpaired) electrons. The Hall–Kier alpha value is -3.39. The second-order valence-corrected chi connectivity index (χ2v) is 9.64. The molecular formula is C27H32N2O6. The van der Waals surface area contributed by atoms with Crippen molar-refractivity contribution in [1.29, 1.82) is 0 Å². The quantitative estimate of drug-likeness (QED) is 0.625. The van der Waals surface area contributed by atoms with E-state index in [1.54, 1.807) is 6.92 Å². The zero-order valence-electron chi connectivity index (χ0n) is 20.4. The summed E-state index contributed by atoms with van der Waals surface area (Å²) in [5.74, 6) is -1.56. The van der Waals surface area contributed by atoms with Crippen LogP contribution in [0, 0.1) is 0 Å². The number of ether oxygens (including phenoxy) is 2. The van der Waals surface area contributed by atoms with Gasteiger partial charge in [-0.15, -0.1) is 0 Å². The molecule has 1 heterocycles. The average Bonchev–Trinajstić information content (AvgIpc) is 3.16. The van der Waals surface area contributed by atoms with Crippen molar-refractivity contribution in [3.05, 3.63) is 59.7 Å². The van der Waals surface area contributed by atoms with Crippen LogP contribution in [-0.4, -0.2) is 65.4 Å². The second-order valence-electron chi connectivity index (χ2n) is 9.64. The minimum absolute atomic E-state index is 0.0863. The van der Waals surface area contributed by atoms with Crippen molar-refractivity contribution in [3.63, 3.8) is 0 Å². The van der Waals surface area contributed by atoms with E-state index in [1.807, 2.05) is 43.3 Å². The van der Waals surface area contributed by atoms with E-state index < -0.39 is 23.2 Å². The summed E-state index contributed by atoms with van der Waals surface area (Å²) in [7, 11) is 0. The molecule has 2 aliphatic rings. The molecular weight excluding hydrogens is 448 g/mol. The first-order valence-electron chi connectivity index (χ1n) is 12.0. The number of hydrogen-bond acceptors (Lipinski definition) is 5. The third-order valence-corrected chi connectivity index (χ3v) is 6.96. The minimum atomic E-state index is -1.48. The molecule has 0 bridgehead atoms. The Balaban J connectivity index is 1.46. The summed E-state index contributed by atoms with van der Waals surface area (Å²) < 4.78 is 11.1. The molecule has 4 rings (SSSR count). The number of alkyl carbamates (subject to hydrolysis) is 1. The number of nitrogens with one attached hydrogen (secondary N) is 1. The van der Waals surface area contributed by atoms with Gasteiger partial charge in [0.15, 0.2) is 5.60 Å². The first-order valence-corrected chi connectivity index (χ1v) is 12.0. The number of benzene rings is 2. The Labute approximate surface area is 205 Å². The van der Waals surface area contributed by atoms with Crippen LogP contribution in [0.2, 0.25) is 0 Å². The smallest absolute Gasteiger partial charge is 0.408 e. The van der Waals surface area contributed by atoms with Crippen LogP contribution in [-0.2, 0) is 19.1 Å². The summed E-state index contributed by atoms with van der Waals surface area (Å²) in [6, 6.07) is 16.2. The average molecular weight is 481 g/mol. The highest BCUT2D eigenvalue weighted by Crippen LogP contribution is 2.44. The predicted molar refractivity (Wildman–Crippen MR) is 130 cm³/mol. The largest absolute Gasteiger partial charge is 0.479 e. The van der Waals surface area contributed by atoms with Crippen molar-refractivity contribution in [2.24, 2.45) is 0 Å². The molecule has 1 aliphatic carbocycles. The van der Waals surface area contributed by atoms with E-state index >= 15 is 0 Å². The Morgan fingerprint density at radius 3 is 2.31 bits per heavy atom. The molecule has 1 saturated heterocycles. The number of carboxylic acid groups (broad SMARTS) is 1. The number of carbonyl (C=O) groups excluding carboxylic acids is 2. The Bertz CT molecular complexity index is 1090. The molecule has 0 saturated carbocycles. The van der Waals surface area contributed by atoms with Gasteiger partial charge in [0.1, 0.15) is 12.1 Å². The molecule has 8 nitrogen and oxygen atoms in total. The highest BCUT2D eigenvalue weighted by atomic mass is 16.5. The first-order chi connectivity index (χ1) is 16.7. The lowest BCUT2D eigenvalue weighted by Crippen LogP contribution is -2.63. The lowest BCUT2D eigenvalue weighted by Gasteiger charge is -2.41. The van der Waals surface area contributed by atoms with Crippen LogP contribution in [0.3, 0.4) is 0 Å². The maximum atomic E-state index is 13.5. The van der Waals surface area contributed by atoms with Crippen LogP contribution in [0.1, 0.15) is 50.7 Å². The van der Waals surface area contributed by atoms with Gasteiger partial charge in [0.25, 0.3) is 0 Å². The van der Waals surface area contributed by atoms with Crippen LogP contribution >= 0.6 is 0 Å². The van der Waals surface area contributed by atoms with E-state index in [0.29, 0.717) is 12.8 Å². The summed E-state index contributed by atoms with van der Waals surface area (Å²) in [4.78, 5) is 39.5. The highest BCUT2D eigenvalue weighted by Gasteiger charge is 2.45. The number of carbonyl (C=O) groups is 3. The lowest BCUT2D eigenvalue weighted by molar-refractivity contribution is -0.178. The Morgan fingerprint density at radius 1 is 1.14 bits per heavy atom.